The fourth-order valence-electron chi connectivity index (χ4n) is 1.96. The maximum absolute atomic E-state index is 13.8. The third-order valence-electron chi connectivity index (χ3n) is 3.00. The van der Waals surface area contributed by atoms with Crippen LogP contribution in [0.3, 0.4) is 0 Å². The molecule has 1 aromatic carbocycles. The quantitative estimate of drug-likeness (QED) is 0.656. The summed E-state index contributed by atoms with van der Waals surface area (Å²) >= 11 is 1.09. The summed E-state index contributed by atoms with van der Waals surface area (Å²) in [6, 6.07) is 2.73. The van der Waals surface area contributed by atoms with E-state index in [-0.39, 0.29) is 17.5 Å². The van der Waals surface area contributed by atoms with Crippen LogP contribution in [0, 0.1) is 5.82 Å². The van der Waals surface area contributed by atoms with Crippen molar-refractivity contribution >= 4 is 28.8 Å². The first-order valence-electron chi connectivity index (χ1n) is 6.20. The molecule has 112 valence electrons. The van der Waals surface area contributed by atoms with E-state index in [4.69, 9.17) is 9.84 Å². The summed E-state index contributed by atoms with van der Waals surface area (Å²) < 4.78 is 20.6. The van der Waals surface area contributed by atoms with Gasteiger partial charge in [-0.1, -0.05) is 17.8 Å². The number of hydrogen-bond acceptors (Lipinski definition) is 4. The number of benzene rings is 1. The molecule has 0 aliphatic heterocycles. The Morgan fingerprint density at radius 1 is 1.67 bits per heavy atom. The van der Waals surface area contributed by atoms with E-state index in [0.29, 0.717) is 16.2 Å². The molecule has 0 aliphatic rings. The molecule has 7 heteroatoms. The molecule has 21 heavy (non-hydrogen) atoms. The summed E-state index contributed by atoms with van der Waals surface area (Å²) in [5.74, 6) is -1.44. The topological polar surface area (TPSA) is 64.4 Å². The number of thioether (sulfide) groups is 1. The molecule has 1 atom stereocenters. The zero-order chi connectivity index (χ0) is 15.6. The van der Waals surface area contributed by atoms with Gasteiger partial charge in [0.1, 0.15) is 0 Å². The molecule has 0 aliphatic carbocycles. The molecule has 0 amide bonds. The third-order valence-corrected chi connectivity index (χ3v) is 3.94. The summed E-state index contributed by atoms with van der Waals surface area (Å²) in [6.07, 6.45) is 1.71. The van der Waals surface area contributed by atoms with Crippen LogP contribution in [0.2, 0.25) is 0 Å². The number of carboxylic acid groups (broad SMARTS) is 1. The van der Waals surface area contributed by atoms with Gasteiger partial charge >= 0.3 is 5.97 Å². The van der Waals surface area contributed by atoms with Crippen LogP contribution in [0.25, 0.3) is 11.0 Å². The van der Waals surface area contributed by atoms with Crippen molar-refractivity contribution < 1.29 is 19.0 Å². The van der Waals surface area contributed by atoms with Gasteiger partial charge in [-0.05, 0) is 6.92 Å². The van der Waals surface area contributed by atoms with Crippen molar-refractivity contribution in [3.8, 4) is 5.75 Å². The molecular formula is C14H15FN2O3S. The maximum Gasteiger partial charge on any atom is 0.313 e. The number of hydrogen-bond donors (Lipinski definition) is 1. The standard InChI is InChI=1S/C14H15FN2O3S/c1-4-8(2)17-11-6-12(20-3)9(15)5-10(11)16-14(17)21-7-13(18)19/h4-6,8H,1,7H2,2-3H3,(H,18,19). The van der Waals surface area contributed by atoms with Crippen molar-refractivity contribution in [3.63, 3.8) is 0 Å². The van der Waals surface area contributed by atoms with E-state index < -0.39 is 11.8 Å². The van der Waals surface area contributed by atoms with Gasteiger partial charge in [0.15, 0.2) is 16.7 Å². The lowest BCUT2D eigenvalue weighted by atomic mass is 10.2. The Labute approximate surface area is 125 Å². The highest BCUT2D eigenvalue weighted by Gasteiger charge is 2.18. The molecule has 0 radical (unpaired) electrons. The lowest BCUT2D eigenvalue weighted by Crippen LogP contribution is -2.06. The number of ether oxygens (including phenoxy) is 1. The smallest absolute Gasteiger partial charge is 0.313 e. The molecule has 5 nitrogen and oxygen atoms in total. The first-order chi connectivity index (χ1) is 9.97. The summed E-state index contributed by atoms with van der Waals surface area (Å²) in [4.78, 5) is 15.0. The molecular weight excluding hydrogens is 295 g/mol. The minimum atomic E-state index is -0.936. The van der Waals surface area contributed by atoms with E-state index in [0.717, 1.165) is 11.8 Å². The van der Waals surface area contributed by atoms with Crippen molar-refractivity contribution in [2.45, 2.75) is 18.1 Å². The summed E-state index contributed by atoms with van der Waals surface area (Å²) in [5, 5.41) is 9.31. The van der Waals surface area contributed by atoms with Gasteiger partial charge in [0.05, 0.1) is 29.9 Å². The van der Waals surface area contributed by atoms with Gasteiger partial charge in [0.2, 0.25) is 0 Å². The predicted molar refractivity (Wildman–Crippen MR) is 79.5 cm³/mol. The van der Waals surface area contributed by atoms with Gasteiger partial charge in [-0.3, -0.25) is 4.79 Å². The van der Waals surface area contributed by atoms with Gasteiger partial charge in [-0.25, -0.2) is 9.37 Å². The second-order valence-electron chi connectivity index (χ2n) is 4.40. The van der Waals surface area contributed by atoms with E-state index in [2.05, 4.69) is 11.6 Å². The number of rotatable bonds is 6. The lowest BCUT2D eigenvalue weighted by molar-refractivity contribution is -0.133. The van der Waals surface area contributed by atoms with E-state index in [1.165, 1.54) is 13.2 Å². The van der Waals surface area contributed by atoms with E-state index in [1.807, 2.05) is 11.5 Å². The molecule has 2 rings (SSSR count). The summed E-state index contributed by atoms with van der Waals surface area (Å²) in [5.41, 5.74) is 1.13. The van der Waals surface area contributed by atoms with Crippen molar-refractivity contribution in [3.05, 3.63) is 30.6 Å². The molecule has 1 N–H and O–H groups in total. The van der Waals surface area contributed by atoms with Crippen molar-refractivity contribution in [2.24, 2.45) is 0 Å². The normalized spacial score (nSPS) is 12.3. The number of aliphatic carboxylic acids is 1. The molecule has 0 bridgehead atoms. The Kier molecular flexibility index (Phi) is 4.52. The number of methoxy groups -OCH3 is 1. The number of halogens is 1. The number of fused-ring (bicyclic) bond motifs is 1. The molecule has 0 saturated carbocycles. The molecule has 1 unspecified atom stereocenters. The predicted octanol–water partition coefficient (Wildman–Crippen LogP) is 3.11. The zero-order valence-electron chi connectivity index (χ0n) is 11.7. The molecule has 1 heterocycles. The van der Waals surface area contributed by atoms with E-state index >= 15 is 0 Å². The van der Waals surface area contributed by atoms with Gasteiger partial charge in [-0.2, -0.15) is 0 Å². The van der Waals surface area contributed by atoms with Gasteiger partial charge < -0.3 is 14.4 Å². The van der Waals surface area contributed by atoms with Crippen LogP contribution in [0.5, 0.6) is 5.75 Å². The van der Waals surface area contributed by atoms with Crippen LogP contribution in [0.15, 0.2) is 29.9 Å². The Bertz CT molecular complexity index is 699. The highest BCUT2D eigenvalue weighted by Crippen LogP contribution is 2.32. The van der Waals surface area contributed by atoms with Crippen LogP contribution >= 0.6 is 11.8 Å². The van der Waals surface area contributed by atoms with Crippen LogP contribution in [-0.2, 0) is 4.79 Å². The minimum absolute atomic E-state index is 0.110. The Balaban J connectivity index is 2.61. The first kappa shape index (κ1) is 15.4. The number of carbonyl (C=O) groups is 1. The Morgan fingerprint density at radius 2 is 2.38 bits per heavy atom. The van der Waals surface area contributed by atoms with E-state index in [1.54, 1.807) is 12.1 Å². The zero-order valence-corrected chi connectivity index (χ0v) is 12.5. The van der Waals surface area contributed by atoms with E-state index in [9.17, 15) is 9.18 Å². The first-order valence-corrected chi connectivity index (χ1v) is 7.19. The minimum Gasteiger partial charge on any atom is -0.494 e. The lowest BCUT2D eigenvalue weighted by Gasteiger charge is -2.13. The number of imidazole rings is 1. The second-order valence-corrected chi connectivity index (χ2v) is 5.34. The fourth-order valence-corrected chi connectivity index (χ4v) is 2.78. The average Bonchev–Trinajstić information content (AvgIpc) is 2.80. The van der Waals surface area contributed by atoms with Crippen LogP contribution < -0.4 is 4.74 Å². The average molecular weight is 310 g/mol. The highest BCUT2D eigenvalue weighted by atomic mass is 32.2. The van der Waals surface area contributed by atoms with Crippen molar-refractivity contribution in [1.29, 1.82) is 0 Å². The van der Waals surface area contributed by atoms with Gasteiger partial charge in [0, 0.05) is 12.1 Å². The van der Waals surface area contributed by atoms with Crippen LogP contribution in [0.1, 0.15) is 13.0 Å². The number of aromatic nitrogens is 2. The van der Waals surface area contributed by atoms with Crippen molar-refractivity contribution in [1.82, 2.24) is 9.55 Å². The maximum atomic E-state index is 13.8. The Hall–Kier alpha value is -2.02. The number of allylic oxidation sites excluding steroid dienone is 1. The third kappa shape index (κ3) is 3.02. The highest BCUT2D eigenvalue weighted by molar-refractivity contribution is 7.99. The monoisotopic (exact) mass is 310 g/mol. The van der Waals surface area contributed by atoms with Gasteiger partial charge in [0.25, 0.3) is 0 Å². The van der Waals surface area contributed by atoms with Gasteiger partial charge in [-0.15, -0.1) is 6.58 Å². The molecule has 2 aromatic rings. The summed E-state index contributed by atoms with van der Waals surface area (Å²) in [7, 11) is 1.39. The second kappa shape index (κ2) is 6.17. The largest absolute Gasteiger partial charge is 0.494 e. The Morgan fingerprint density at radius 3 is 2.95 bits per heavy atom. The molecule has 1 aromatic heterocycles. The van der Waals surface area contributed by atoms with Crippen LogP contribution in [0.4, 0.5) is 4.39 Å². The SMILES string of the molecule is C=CC(C)n1c(SCC(=O)O)nc2cc(F)c(OC)cc21. The summed E-state index contributed by atoms with van der Waals surface area (Å²) in [6.45, 7) is 5.64. The van der Waals surface area contributed by atoms with Crippen LogP contribution in [-0.4, -0.2) is 33.5 Å². The molecule has 0 saturated heterocycles. The number of carboxylic acids is 1. The number of nitrogens with zero attached hydrogens (tertiary/aromatic N) is 2. The molecule has 0 spiro atoms. The van der Waals surface area contributed by atoms with Crippen molar-refractivity contribution in [2.75, 3.05) is 12.9 Å². The fraction of sp³-hybridized carbons (Fsp3) is 0.286. The molecule has 0 fully saturated rings.